The van der Waals surface area contributed by atoms with Crippen LogP contribution in [0, 0.1) is 0 Å². The van der Waals surface area contributed by atoms with Gasteiger partial charge in [0.1, 0.15) is 6.04 Å². The molecule has 0 aromatic heterocycles. The van der Waals surface area contributed by atoms with Gasteiger partial charge in [0, 0.05) is 0 Å². The lowest BCUT2D eigenvalue weighted by molar-refractivity contribution is -0.192. The third kappa shape index (κ3) is 9.48. The molecule has 6 nitrogen and oxygen atoms in total. The monoisotopic (exact) mass is 337 g/mol. The number of hydrogen-bond acceptors (Lipinski definition) is 4. The zero-order chi connectivity index (χ0) is 18.0. The number of aliphatic carboxylic acids is 2. The minimum atomic E-state index is -5.08. The predicted molar refractivity (Wildman–Crippen MR) is 74.9 cm³/mol. The fourth-order valence-electron chi connectivity index (χ4n) is 1.30. The topological polar surface area (TPSA) is 87.1 Å². The number of ether oxygens (including phenoxy) is 1. The van der Waals surface area contributed by atoms with Crippen LogP contribution in [0.4, 0.5) is 13.2 Å². The highest BCUT2D eigenvalue weighted by atomic mass is 19.4. The Balaban J connectivity index is 0.000000585. The molecule has 1 aromatic carbocycles. The van der Waals surface area contributed by atoms with E-state index >= 15 is 0 Å². The van der Waals surface area contributed by atoms with E-state index in [2.05, 4.69) is 0 Å². The fraction of sp³-hybridized carbons (Fsp3) is 0.429. The van der Waals surface area contributed by atoms with Crippen molar-refractivity contribution in [2.75, 3.05) is 20.7 Å². The summed E-state index contributed by atoms with van der Waals surface area (Å²) < 4.78 is 37.1. The van der Waals surface area contributed by atoms with Crippen LogP contribution in [0.1, 0.15) is 5.56 Å². The molecular weight excluding hydrogens is 319 g/mol. The molecule has 0 heterocycles. The number of likely N-dealkylation sites (N-methyl/N-ethyl adjacent to an activating group) is 1. The number of rotatable bonds is 6. The van der Waals surface area contributed by atoms with Gasteiger partial charge in [-0.05, 0) is 19.7 Å². The van der Waals surface area contributed by atoms with E-state index in [0.717, 1.165) is 5.56 Å². The van der Waals surface area contributed by atoms with Crippen molar-refractivity contribution in [2.24, 2.45) is 0 Å². The first-order chi connectivity index (χ1) is 10.6. The third-order valence-electron chi connectivity index (χ3n) is 2.54. The van der Waals surface area contributed by atoms with Crippen LogP contribution in [0.25, 0.3) is 0 Å². The number of carboxylic acids is 2. The molecule has 1 aromatic rings. The maximum atomic E-state index is 10.9. The summed E-state index contributed by atoms with van der Waals surface area (Å²) in [6.07, 6.45) is -5.08. The fourth-order valence-corrected chi connectivity index (χ4v) is 1.30. The molecule has 0 amide bonds. The van der Waals surface area contributed by atoms with Crippen molar-refractivity contribution >= 4 is 11.9 Å². The summed E-state index contributed by atoms with van der Waals surface area (Å²) in [4.78, 5) is 21.4. The van der Waals surface area contributed by atoms with Gasteiger partial charge in [0.25, 0.3) is 0 Å². The second-order valence-corrected chi connectivity index (χ2v) is 4.62. The second kappa shape index (κ2) is 9.80. The molecule has 0 saturated carbocycles. The largest absolute Gasteiger partial charge is 0.490 e. The molecule has 2 N–H and O–H groups in total. The highest BCUT2D eigenvalue weighted by Crippen LogP contribution is 2.13. The molecule has 0 aliphatic heterocycles. The van der Waals surface area contributed by atoms with Crippen LogP contribution in [-0.2, 0) is 20.9 Å². The number of nitrogens with zero attached hydrogens (tertiary/aromatic N) is 1. The molecule has 0 unspecified atom stereocenters. The Bertz CT molecular complexity index is 491. The van der Waals surface area contributed by atoms with Crippen LogP contribution in [-0.4, -0.2) is 60.0 Å². The van der Waals surface area contributed by atoms with Gasteiger partial charge in [-0.1, -0.05) is 30.3 Å². The summed E-state index contributed by atoms with van der Waals surface area (Å²) in [5.41, 5.74) is 1.05. The molecule has 9 heteroatoms. The Morgan fingerprint density at radius 1 is 1.17 bits per heavy atom. The van der Waals surface area contributed by atoms with E-state index in [4.69, 9.17) is 19.7 Å². The van der Waals surface area contributed by atoms with Crippen LogP contribution in [0.3, 0.4) is 0 Å². The van der Waals surface area contributed by atoms with Crippen molar-refractivity contribution in [1.29, 1.82) is 0 Å². The summed E-state index contributed by atoms with van der Waals surface area (Å²) in [7, 11) is 3.45. The molecule has 0 bridgehead atoms. The van der Waals surface area contributed by atoms with Gasteiger partial charge < -0.3 is 14.9 Å². The Labute approximate surface area is 131 Å². The van der Waals surface area contributed by atoms with E-state index in [-0.39, 0.29) is 6.61 Å². The van der Waals surface area contributed by atoms with Crippen LogP contribution in [0.2, 0.25) is 0 Å². The average molecular weight is 337 g/mol. The molecule has 1 atom stereocenters. The number of halogens is 3. The normalized spacial score (nSPS) is 12.3. The second-order valence-electron chi connectivity index (χ2n) is 4.62. The van der Waals surface area contributed by atoms with Crippen LogP contribution in [0.5, 0.6) is 0 Å². The van der Waals surface area contributed by atoms with E-state index in [0.29, 0.717) is 6.61 Å². The van der Waals surface area contributed by atoms with Gasteiger partial charge in [0.15, 0.2) is 0 Å². The molecule has 23 heavy (non-hydrogen) atoms. The Kier molecular flexibility index (Phi) is 8.89. The van der Waals surface area contributed by atoms with Gasteiger partial charge in [0.2, 0.25) is 0 Å². The first kappa shape index (κ1) is 20.9. The van der Waals surface area contributed by atoms with Crippen molar-refractivity contribution < 1.29 is 37.7 Å². The highest BCUT2D eigenvalue weighted by Gasteiger charge is 2.38. The Hall–Kier alpha value is -2.13. The maximum Gasteiger partial charge on any atom is 0.490 e. The van der Waals surface area contributed by atoms with Gasteiger partial charge in [0.05, 0.1) is 13.2 Å². The third-order valence-corrected chi connectivity index (χ3v) is 2.54. The Morgan fingerprint density at radius 3 is 2.00 bits per heavy atom. The van der Waals surface area contributed by atoms with Crippen molar-refractivity contribution in [1.82, 2.24) is 4.90 Å². The lowest BCUT2D eigenvalue weighted by atomic mass is 10.2. The van der Waals surface area contributed by atoms with E-state index < -0.39 is 24.2 Å². The first-order valence-electron chi connectivity index (χ1n) is 6.36. The van der Waals surface area contributed by atoms with Crippen molar-refractivity contribution in [3.8, 4) is 0 Å². The molecule has 0 fully saturated rings. The first-order valence-corrected chi connectivity index (χ1v) is 6.36. The van der Waals surface area contributed by atoms with Gasteiger partial charge >= 0.3 is 18.1 Å². The smallest absolute Gasteiger partial charge is 0.480 e. The SMILES string of the molecule is CN(C)[C@@H](COCc1ccccc1)C(=O)O.O=C(O)C(F)(F)F. The molecular formula is C14H18F3NO5. The summed E-state index contributed by atoms with van der Waals surface area (Å²) >= 11 is 0. The lowest BCUT2D eigenvalue weighted by Crippen LogP contribution is -2.39. The van der Waals surface area contributed by atoms with Crippen LogP contribution >= 0.6 is 0 Å². The van der Waals surface area contributed by atoms with Crippen LogP contribution in [0.15, 0.2) is 30.3 Å². The van der Waals surface area contributed by atoms with E-state index in [9.17, 15) is 18.0 Å². The quantitative estimate of drug-likeness (QED) is 0.824. The number of hydrogen-bond donors (Lipinski definition) is 2. The van der Waals surface area contributed by atoms with Crippen molar-refractivity contribution in [3.63, 3.8) is 0 Å². The van der Waals surface area contributed by atoms with Gasteiger partial charge in [-0.2, -0.15) is 13.2 Å². The molecule has 0 aliphatic rings. The Morgan fingerprint density at radius 2 is 1.65 bits per heavy atom. The average Bonchev–Trinajstić information content (AvgIpc) is 2.43. The minimum absolute atomic E-state index is 0.192. The van der Waals surface area contributed by atoms with Crippen molar-refractivity contribution in [3.05, 3.63) is 35.9 Å². The van der Waals surface area contributed by atoms with E-state index in [1.165, 1.54) is 0 Å². The zero-order valence-corrected chi connectivity index (χ0v) is 12.6. The van der Waals surface area contributed by atoms with Crippen LogP contribution < -0.4 is 0 Å². The number of alkyl halides is 3. The molecule has 0 spiro atoms. The van der Waals surface area contributed by atoms with Gasteiger partial charge in [-0.3, -0.25) is 9.69 Å². The maximum absolute atomic E-state index is 10.9. The molecule has 1 rings (SSSR count). The van der Waals surface area contributed by atoms with Gasteiger partial charge in [-0.15, -0.1) is 0 Å². The molecule has 0 radical (unpaired) electrons. The summed E-state index contributed by atoms with van der Waals surface area (Å²) in [6.45, 7) is 0.635. The number of benzene rings is 1. The summed E-state index contributed by atoms with van der Waals surface area (Å²) in [5, 5.41) is 16.0. The van der Waals surface area contributed by atoms with E-state index in [1.807, 2.05) is 30.3 Å². The lowest BCUT2D eigenvalue weighted by Gasteiger charge is -2.19. The zero-order valence-electron chi connectivity index (χ0n) is 12.6. The predicted octanol–water partition coefficient (Wildman–Crippen LogP) is 1.85. The van der Waals surface area contributed by atoms with E-state index in [1.54, 1.807) is 19.0 Å². The number of carbonyl (C=O) groups is 2. The molecule has 0 aliphatic carbocycles. The highest BCUT2D eigenvalue weighted by molar-refractivity contribution is 5.73. The molecule has 130 valence electrons. The summed E-state index contributed by atoms with van der Waals surface area (Å²) in [6, 6.07) is 9.10. The number of carboxylic acid groups (broad SMARTS) is 2. The minimum Gasteiger partial charge on any atom is -0.480 e. The van der Waals surface area contributed by atoms with Gasteiger partial charge in [-0.25, -0.2) is 4.79 Å². The molecule has 0 saturated heterocycles. The summed E-state index contributed by atoms with van der Waals surface area (Å²) in [5.74, 6) is -3.62. The van der Waals surface area contributed by atoms with Crippen molar-refractivity contribution in [2.45, 2.75) is 18.8 Å². The standard InChI is InChI=1S/C12H17NO3.C2HF3O2/c1-13(2)11(12(14)15)9-16-8-10-6-4-3-5-7-10;3-2(4,5)1(6)7/h3-7,11H,8-9H2,1-2H3,(H,14,15);(H,6,7)/t11-;/m0./s1.